The van der Waals surface area contributed by atoms with Crippen molar-refractivity contribution in [2.45, 2.75) is 36.8 Å². The normalized spacial score (nSPS) is 20.6. The van der Waals surface area contributed by atoms with Crippen LogP contribution in [0.15, 0.2) is 27.6 Å². The van der Waals surface area contributed by atoms with Crippen LogP contribution >= 0.6 is 27.7 Å². The Labute approximate surface area is 134 Å². The smallest absolute Gasteiger partial charge is 0.207 e. The van der Waals surface area contributed by atoms with Crippen molar-refractivity contribution in [3.8, 4) is 0 Å². The maximum absolute atomic E-state index is 12.7. The first-order valence-electron chi connectivity index (χ1n) is 6.63. The van der Waals surface area contributed by atoms with Crippen molar-refractivity contribution in [3.05, 3.63) is 28.2 Å². The zero-order chi connectivity index (χ0) is 15.0. The van der Waals surface area contributed by atoms with E-state index in [1.165, 1.54) is 0 Å². The first-order valence-corrected chi connectivity index (χ1v) is 9.84. The summed E-state index contributed by atoms with van der Waals surface area (Å²) in [6.45, 7) is 7.45. The lowest BCUT2D eigenvalue weighted by Crippen LogP contribution is -2.33. The summed E-state index contributed by atoms with van der Waals surface area (Å²) in [5, 5.41) is 0. The highest BCUT2D eigenvalue weighted by molar-refractivity contribution is 9.10. The number of thioether (sulfide) groups is 1. The van der Waals surface area contributed by atoms with E-state index < -0.39 is 10.0 Å². The van der Waals surface area contributed by atoms with Crippen LogP contribution in [0, 0.1) is 6.92 Å². The topological polar surface area (TPSA) is 37.4 Å². The highest BCUT2D eigenvalue weighted by Crippen LogP contribution is 2.32. The molecule has 1 saturated heterocycles. The summed E-state index contributed by atoms with van der Waals surface area (Å²) >= 11 is 5.26. The number of benzene rings is 1. The molecule has 0 amide bonds. The summed E-state index contributed by atoms with van der Waals surface area (Å²) in [7, 11) is -3.38. The van der Waals surface area contributed by atoms with Gasteiger partial charge in [-0.3, -0.25) is 0 Å². The molecule has 0 aliphatic carbocycles. The zero-order valence-electron chi connectivity index (χ0n) is 12.0. The Kier molecular flexibility index (Phi) is 4.89. The van der Waals surface area contributed by atoms with E-state index in [9.17, 15) is 8.42 Å². The van der Waals surface area contributed by atoms with Gasteiger partial charge in [0.1, 0.15) is 0 Å². The minimum absolute atomic E-state index is 0.153. The minimum atomic E-state index is -3.38. The number of aryl methyl sites for hydroxylation is 1. The van der Waals surface area contributed by atoms with E-state index in [0.29, 0.717) is 18.0 Å². The molecule has 0 unspecified atom stereocenters. The predicted octanol–water partition coefficient (Wildman–Crippen LogP) is 3.66. The van der Waals surface area contributed by atoms with Crippen LogP contribution < -0.4 is 0 Å². The van der Waals surface area contributed by atoms with E-state index in [1.54, 1.807) is 22.5 Å². The first-order chi connectivity index (χ1) is 9.22. The largest absolute Gasteiger partial charge is 0.243 e. The maximum atomic E-state index is 12.7. The van der Waals surface area contributed by atoms with Gasteiger partial charge in [0.2, 0.25) is 10.0 Å². The van der Waals surface area contributed by atoms with Crippen LogP contribution in [0.3, 0.4) is 0 Å². The fourth-order valence-corrected chi connectivity index (χ4v) is 5.16. The average molecular weight is 378 g/mol. The van der Waals surface area contributed by atoms with Gasteiger partial charge in [0.05, 0.1) is 4.90 Å². The first kappa shape index (κ1) is 16.3. The monoisotopic (exact) mass is 377 g/mol. The predicted molar refractivity (Wildman–Crippen MR) is 88.8 cm³/mol. The maximum Gasteiger partial charge on any atom is 0.243 e. The molecule has 0 atom stereocenters. The third-order valence-electron chi connectivity index (χ3n) is 3.56. The number of nitrogens with zero attached hydrogens (tertiary/aromatic N) is 1. The second-order valence-electron chi connectivity index (χ2n) is 5.67. The summed E-state index contributed by atoms with van der Waals surface area (Å²) in [6, 6.07) is 5.22. The van der Waals surface area contributed by atoms with E-state index in [-0.39, 0.29) is 4.75 Å². The highest BCUT2D eigenvalue weighted by atomic mass is 79.9. The quantitative estimate of drug-likeness (QED) is 0.788. The van der Waals surface area contributed by atoms with Crippen molar-refractivity contribution >= 4 is 37.7 Å². The van der Waals surface area contributed by atoms with Crippen molar-refractivity contribution in [2.75, 3.05) is 18.8 Å². The molecule has 1 fully saturated rings. The molecule has 20 heavy (non-hydrogen) atoms. The highest BCUT2D eigenvalue weighted by Gasteiger charge is 2.30. The van der Waals surface area contributed by atoms with Crippen LogP contribution in [0.25, 0.3) is 0 Å². The molecule has 2 rings (SSSR count). The van der Waals surface area contributed by atoms with E-state index in [2.05, 4.69) is 29.8 Å². The fraction of sp³-hybridized carbons (Fsp3) is 0.571. The van der Waals surface area contributed by atoms with Crippen LogP contribution in [0.1, 0.15) is 25.8 Å². The van der Waals surface area contributed by atoms with Gasteiger partial charge in [0.15, 0.2) is 0 Å². The molecule has 0 saturated carbocycles. The van der Waals surface area contributed by atoms with Crippen LogP contribution in [0.4, 0.5) is 0 Å². The molecule has 0 spiro atoms. The van der Waals surface area contributed by atoms with Gasteiger partial charge in [0.25, 0.3) is 0 Å². The zero-order valence-corrected chi connectivity index (χ0v) is 15.2. The van der Waals surface area contributed by atoms with Crippen molar-refractivity contribution in [1.29, 1.82) is 0 Å². The van der Waals surface area contributed by atoms with Gasteiger partial charge in [-0.05, 0) is 37.1 Å². The van der Waals surface area contributed by atoms with Crippen LogP contribution in [0.2, 0.25) is 0 Å². The Balaban J connectivity index is 2.28. The SMILES string of the molecule is Cc1cc(S(=O)(=O)N2CCSC(C)(C)CC2)ccc1Br. The minimum Gasteiger partial charge on any atom is -0.207 e. The Morgan fingerprint density at radius 2 is 2.00 bits per heavy atom. The van der Waals surface area contributed by atoms with Gasteiger partial charge in [0, 0.05) is 28.1 Å². The summed E-state index contributed by atoms with van der Waals surface area (Å²) in [6.07, 6.45) is 0.881. The standard InChI is InChI=1S/C14H20BrNO2S2/c1-11-10-12(4-5-13(11)15)20(17,18)16-7-6-14(2,3)19-9-8-16/h4-5,10H,6-9H2,1-3H3. The molecule has 112 valence electrons. The molecule has 0 bridgehead atoms. The van der Waals surface area contributed by atoms with E-state index in [1.807, 2.05) is 18.7 Å². The van der Waals surface area contributed by atoms with E-state index in [4.69, 9.17) is 0 Å². The summed E-state index contributed by atoms with van der Waals surface area (Å²) in [4.78, 5) is 0.392. The molecule has 0 radical (unpaired) electrons. The third-order valence-corrected chi connectivity index (χ3v) is 7.72. The molecule has 3 nitrogen and oxygen atoms in total. The number of halogens is 1. The lowest BCUT2D eigenvalue weighted by atomic mass is 10.1. The molecular weight excluding hydrogens is 358 g/mol. The van der Waals surface area contributed by atoms with Crippen molar-refractivity contribution in [3.63, 3.8) is 0 Å². The molecule has 1 heterocycles. The summed E-state index contributed by atoms with van der Waals surface area (Å²) in [5.41, 5.74) is 0.940. The van der Waals surface area contributed by atoms with Gasteiger partial charge in [-0.2, -0.15) is 16.1 Å². The van der Waals surface area contributed by atoms with Crippen LogP contribution in [-0.2, 0) is 10.0 Å². The van der Waals surface area contributed by atoms with Gasteiger partial charge in [-0.1, -0.05) is 29.8 Å². The second kappa shape index (κ2) is 5.99. The lowest BCUT2D eigenvalue weighted by molar-refractivity contribution is 0.415. The van der Waals surface area contributed by atoms with Crippen molar-refractivity contribution in [1.82, 2.24) is 4.31 Å². The van der Waals surface area contributed by atoms with Crippen LogP contribution in [0.5, 0.6) is 0 Å². The van der Waals surface area contributed by atoms with E-state index >= 15 is 0 Å². The van der Waals surface area contributed by atoms with Crippen LogP contribution in [-0.4, -0.2) is 36.3 Å². The fourth-order valence-electron chi connectivity index (χ4n) is 2.17. The molecule has 1 aromatic rings. The third kappa shape index (κ3) is 3.59. The number of rotatable bonds is 2. The number of hydrogen-bond donors (Lipinski definition) is 0. The van der Waals surface area contributed by atoms with Gasteiger partial charge in [-0.25, -0.2) is 8.42 Å². The average Bonchev–Trinajstić information content (AvgIpc) is 2.54. The summed E-state index contributed by atoms with van der Waals surface area (Å²) < 4.78 is 28.1. The van der Waals surface area contributed by atoms with Crippen molar-refractivity contribution in [2.24, 2.45) is 0 Å². The van der Waals surface area contributed by atoms with Gasteiger partial charge < -0.3 is 0 Å². The Morgan fingerprint density at radius 3 is 2.65 bits per heavy atom. The van der Waals surface area contributed by atoms with Gasteiger partial charge in [-0.15, -0.1) is 0 Å². The summed E-state index contributed by atoms with van der Waals surface area (Å²) in [5.74, 6) is 0.849. The Bertz CT molecular complexity index is 599. The molecule has 0 N–H and O–H groups in total. The number of sulfonamides is 1. The molecule has 1 aromatic carbocycles. The molecule has 1 aliphatic heterocycles. The van der Waals surface area contributed by atoms with Gasteiger partial charge >= 0.3 is 0 Å². The molecule has 1 aliphatic rings. The van der Waals surface area contributed by atoms with Crippen molar-refractivity contribution < 1.29 is 8.42 Å². The molecular formula is C14H20BrNO2S2. The Morgan fingerprint density at radius 1 is 1.30 bits per heavy atom. The number of hydrogen-bond acceptors (Lipinski definition) is 3. The lowest BCUT2D eigenvalue weighted by Gasteiger charge is -2.22. The Hall–Kier alpha value is -0.0400. The molecule has 0 aromatic heterocycles. The molecule has 6 heteroatoms. The second-order valence-corrected chi connectivity index (χ2v) is 10.3. The van der Waals surface area contributed by atoms with E-state index in [0.717, 1.165) is 22.2 Å².